The van der Waals surface area contributed by atoms with Crippen LogP contribution in [0.4, 0.5) is 0 Å². The third-order valence-electron chi connectivity index (χ3n) is 13.8. The maximum atomic E-state index is 11.7. The molecule has 0 aromatic rings. The molecule has 0 radical (unpaired) electrons. The predicted molar refractivity (Wildman–Crippen MR) is 134 cm³/mol. The van der Waals surface area contributed by atoms with Crippen molar-refractivity contribution in [2.75, 3.05) is 0 Å². The number of ether oxygens (including phenoxy) is 1. The van der Waals surface area contributed by atoms with Gasteiger partial charge in [0.2, 0.25) is 0 Å². The van der Waals surface area contributed by atoms with Gasteiger partial charge in [0.1, 0.15) is 0 Å². The summed E-state index contributed by atoms with van der Waals surface area (Å²) in [5, 5.41) is 45.0. The van der Waals surface area contributed by atoms with Gasteiger partial charge in [-0.1, -0.05) is 27.7 Å². The van der Waals surface area contributed by atoms with Gasteiger partial charge in [0.15, 0.2) is 0 Å². The Morgan fingerprint density at radius 2 is 1.46 bits per heavy atom. The van der Waals surface area contributed by atoms with Crippen molar-refractivity contribution in [2.45, 2.75) is 142 Å². The smallest absolute Gasteiger partial charge is 0.0865 e. The van der Waals surface area contributed by atoms with E-state index in [1.54, 1.807) is 0 Å². The molecular formula is C30H50O5. The van der Waals surface area contributed by atoms with Gasteiger partial charge in [0, 0.05) is 5.92 Å². The second-order valence-electron chi connectivity index (χ2n) is 15.9. The molecule has 0 aromatic carbocycles. The molecule has 1 saturated heterocycles. The van der Waals surface area contributed by atoms with Crippen molar-refractivity contribution < 1.29 is 25.2 Å². The van der Waals surface area contributed by atoms with Gasteiger partial charge in [0.05, 0.1) is 35.6 Å². The molecule has 200 valence electrons. The third-order valence-corrected chi connectivity index (χ3v) is 13.8. The van der Waals surface area contributed by atoms with Crippen molar-refractivity contribution in [2.24, 2.45) is 44.8 Å². The Bertz CT molecular complexity index is 911. The van der Waals surface area contributed by atoms with Gasteiger partial charge >= 0.3 is 0 Å². The topological polar surface area (TPSA) is 90.2 Å². The molecule has 5 heteroatoms. The molecule has 1 aliphatic heterocycles. The zero-order valence-corrected chi connectivity index (χ0v) is 23.1. The maximum absolute atomic E-state index is 11.7. The van der Waals surface area contributed by atoms with E-state index in [-0.39, 0.29) is 51.1 Å². The minimum absolute atomic E-state index is 0.0267. The molecule has 5 nitrogen and oxygen atoms in total. The standard InChI is InChI=1S/C30H50O5/c1-24(2)20(33)8-11-30-16-29(30)13-12-26(5)23(28(7)10-9-21(35-28)25(3,4)34)18(32)15-27(26,6)19(29)14-17(31)22(24)30/h17-23,31-34H,8-16H2,1-7H3/t17-,18-,19-,20+,21-,22-,23-,26+,27-,28+,29-,30+/m0/s1. The van der Waals surface area contributed by atoms with E-state index in [0.717, 1.165) is 51.4 Å². The number of aliphatic hydroxyl groups excluding tert-OH is 3. The van der Waals surface area contributed by atoms with Crippen LogP contribution in [0.15, 0.2) is 0 Å². The van der Waals surface area contributed by atoms with Crippen LogP contribution in [0.1, 0.15) is 106 Å². The highest BCUT2D eigenvalue weighted by Crippen LogP contribution is 2.89. The summed E-state index contributed by atoms with van der Waals surface area (Å²) in [4.78, 5) is 0. The molecule has 0 amide bonds. The highest BCUT2D eigenvalue weighted by atomic mass is 16.5. The van der Waals surface area contributed by atoms with E-state index in [2.05, 4.69) is 34.6 Å². The number of hydrogen-bond donors (Lipinski definition) is 4. The Morgan fingerprint density at radius 1 is 0.771 bits per heavy atom. The maximum Gasteiger partial charge on any atom is 0.0865 e. The quantitative estimate of drug-likeness (QED) is 0.460. The SMILES string of the molecule is CC(C)(O)[C@@H]1CC[C@](C)([C@H]2[C@@H](O)C[C@@]3(C)[C@@H]4C[C@H](O)[C@H]5C(C)(C)[C@H](O)CC[C@@]56C[C@@]46CC[C@]23C)O1. The first-order valence-corrected chi connectivity index (χ1v) is 14.4. The van der Waals surface area contributed by atoms with Crippen molar-refractivity contribution in [1.82, 2.24) is 0 Å². The molecular weight excluding hydrogens is 440 g/mol. The Labute approximate surface area is 212 Å². The summed E-state index contributed by atoms with van der Waals surface area (Å²) in [6, 6.07) is 0. The molecule has 0 bridgehead atoms. The second-order valence-corrected chi connectivity index (χ2v) is 15.9. The van der Waals surface area contributed by atoms with Gasteiger partial charge in [-0.2, -0.15) is 0 Å². The van der Waals surface area contributed by atoms with E-state index in [1.165, 1.54) is 6.42 Å². The zero-order valence-electron chi connectivity index (χ0n) is 23.1. The van der Waals surface area contributed by atoms with Gasteiger partial charge in [0.25, 0.3) is 0 Å². The molecule has 6 rings (SSSR count). The Balaban J connectivity index is 1.37. The molecule has 6 aliphatic rings. The summed E-state index contributed by atoms with van der Waals surface area (Å²) in [7, 11) is 0. The number of rotatable bonds is 2. The lowest BCUT2D eigenvalue weighted by atomic mass is 9.41. The Morgan fingerprint density at radius 3 is 2.09 bits per heavy atom. The Kier molecular flexibility index (Phi) is 4.92. The average molecular weight is 491 g/mol. The first-order chi connectivity index (χ1) is 16.0. The average Bonchev–Trinajstić information content (AvgIpc) is 3.08. The van der Waals surface area contributed by atoms with Gasteiger partial charge < -0.3 is 25.2 Å². The fraction of sp³-hybridized carbons (Fsp3) is 1.00. The molecule has 35 heavy (non-hydrogen) atoms. The predicted octanol–water partition coefficient (Wildman–Crippen LogP) is 4.44. The first-order valence-electron chi connectivity index (χ1n) is 14.4. The van der Waals surface area contributed by atoms with Gasteiger partial charge in [-0.25, -0.2) is 0 Å². The van der Waals surface area contributed by atoms with E-state index in [4.69, 9.17) is 4.74 Å². The lowest BCUT2D eigenvalue weighted by Gasteiger charge is -2.64. The van der Waals surface area contributed by atoms with Crippen LogP contribution in [0.2, 0.25) is 0 Å². The van der Waals surface area contributed by atoms with Gasteiger partial charge in [-0.05, 0) is 117 Å². The molecule has 6 fully saturated rings. The van der Waals surface area contributed by atoms with Gasteiger partial charge in [-0.15, -0.1) is 0 Å². The molecule has 0 unspecified atom stereocenters. The summed E-state index contributed by atoms with van der Waals surface area (Å²) in [6.07, 6.45) is 7.18. The molecule has 1 heterocycles. The normalized spacial score (nSPS) is 60.9. The van der Waals surface area contributed by atoms with Crippen molar-refractivity contribution in [3.05, 3.63) is 0 Å². The van der Waals surface area contributed by atoms with E-state index in [0.29, 0.717) is 5.92 Å². The molecule has 12 atom stereocenters. The van der Waals surface area contributed by atoms with Crippen molar-refractivity contribution >= 4 is 0 Å². The van der Waals surface area contributed by atoms with Crippen molar-refractivity contribution in [3.63, 3.8) is 0 Å². The van der Waals surface area contributed by atoms with Crippen LogP contribution in [0.5, 0.6) is 0 Å². The second kappa shape index (κ2) is 6.86. The minimum Gasteiger partial charge on any atom is -0.393 e. The lowest BCUT2D eigenvalue weighted by Crippen LogP contribution is -2.62. The highest BCUT2D eigenvalue weighted by Gasteiger charge is 2.84. The first kappa shape index (κ1) is 25.1. The van der Waals surface area contributed by atoms with Crippen LogP contribution in [-0.2, 0) is 4.74 Å². The van der Waals surface area contributed by atoms with E-state index in [9.17, 15) is 20.4 Å². The fourth-order valence-electron chi connectivity index (χ4n) is 12.1. The van der Waals surface area contributed by atoms with E-state index >= 15 is 0 Å². The molecule has 4 N–H and O–H groups in total. The fourth-order valence-corrected chi connectivity index (χ4v) is 12.1. The van der Waals surface area contributed by atoms with Crippen LogP contribution in [0.3, 0.4) is 0 Å². The molecule has 5 saturated carbocycles. The minimum atomic E-state index is -0.886. The van der Waals surface area contributed by atoms with Crippen LogP contribution in [-0.4, -0.2) is 56.0 Å². The number of fused-ring (bicyclic) bond motifs is 2. The van der Waals surface area contributed by atoms with Crippen LogP contribution >= 0.6 is 0 Å². The summed E-state index contributed by atoms with van der Waals surface area (Å²) in [5.41, 5.74) is -1.35. The molecule has 0 aromatic heterocycles. The van der Waals surface area contributed by atoms with Gasteiger partial charge in [-0.3, -0.25) is 0 Å². The molecule has 5 aliphatic carbocycles. The van der Waals surface area contributed by atoms with Crippen molar-refractivity contribution in [3.8, 4) is 0 Å². The summed E-state index contributed by atoms with van der Waals surface area (Å²) < 4.78 is 6.66. The van der Waals surface area contributed by atoms with Crippen LogP contribution < -0.4 is 0 Å². The van der Waals surface area contributed by atoms with Crippen LogP contribution in [0.25, 0.3) is 0 Å². The zero-order chi connectivity index (χ0) is 25.6. The summed E-state index contributed by atoms with van der Waals surface area (Å²) >= 11 is 0. The largest absolute Gasteiger partial charge is 0.393 e. The van der Waals surface area contributed by atoms with Crippen LogP contribution in [0, 0.1) is 44.8 Å². The van der Waals surface area contributed by atoms with Crippen molar-refractivity contribution in [1.29, 1.82) is 0 Å². The third kappa shape index (κ3) is 2.78. The summed E-state index contributed by atoms with van der Waals surface area (Å²) in [6.45, 7) is 15.0. The number of aliphatic hydroxyl groups is 4. The highest BCUT2D eigenvalue weighted by molar-refractivity contribution is 5.33. The molecule has 2 spiro atoms. The van der Waals surface area contributed by atoms with E-state index < -0.39 is 23.4 Å². The summed E-state index contributed by atoms with van der Waals surface area (Å²) in [5.74, 6) is 0.577. The van der Waals surface area contributed by atoms with E-state index in [1.807, 2.05) is 13.8 Å². The Hall–Kier alpha value is -0.200. The lowest BCUT2D eigenvalue weighted by molar-refractivity contribution is -0.213. The number of hydrogen-bond acceptors (Lipinski definition) is 5. The monoisotopic (exact) mass is 490 g/mol.